The summed E-state index contributed by atoms with van der Waals surface area (Å²) in [6.45, 7) is 5.88. The number of aryl methyl sites for hydroxylation is 1. The van der Waals surface area contributed by atoms with Crippen LogP contribution >= 0.6 is 11.6 Å². The Morgan fingerprint density at radius 1 is 1.05 bits per heavy atom. The molecule has 0 bridgehead atoms. The number of aliphatic imine (C=N–C) groups is 1. The Kier molecular flexibility index (Phi) is 8.62. The number of benzene rings is 2. The van der Waals surface area contributed by atoms with Gasteiger partial charge in [-0.3, -0.25) is 14.5 Å². The second-order valence-electron chi connectivity index (χ2n) is 9.45. The minimum absolute atomic E-state index is 0.136. The Balaban J connectivity index is 1.10. The van der Waals surface area contributed by atoms with Crippen LogP contribution in [0.2, 0.25) is 5.02 Å². The summed E-state index contributed by atoms with van der Waals surface area (Å²) < 4.78 is 10.8. The zero-order valence-corrected chi connectivity index (χ0v) is 22.8. The Morgan fingerprint density at radius 3 is 2.52 bits per heavy atom. The highest BCUT2D eigenvalue weighted by Crippen LogP contribution is 2.22. The lowest BCUT2D eigenvalue weighted by molar-refractivity contribution is 0.0963. The number of aromatic nitrogens is 1. The standard InChI is InChI=1S/C28H30ClN7O4/c1-18-14-25(35-40-18)27(38)32-20-6-9-24(29)23(15-20)26(37)33-21-16-30-28(31-17-21)34-19-4-7-22(8-5-19)39-13-12-36-10-2-3-11-36/h4-9,14-16H,2-3,10-13,17H2,1H3,(H,32,38)(H,33,37)(H2,30,31,34). The number of hydrogen-bond acceptors (Lipinski definition) is 9. The van der Waals surface area contributed by atoms with E-state index in [4.69, 9.17) is 20.9 Å². The van der Waals surface area contributed by atoms with Crippen molar-refractivity contribution in [1.29, 1.82) is 0 Å². The molecule has 0 atom stereocenters. The minimum atomic E-state index is -0.459. The Morgan fingerprint density at radius 2 is 1.82 bits per heavy atom. The number of likely N-dealkylation sites (tertiary alicyclic amines) is 1. The van der Waals surface area contributed by atoms with Crippen LogP contribution in [0.5, 0.6) is 5.75 Å². The molecule has 2 amide bonds. The molecular weight excluding hydrogens is 534 g/mol. The van der Waals surface area contributed by atoms with E-state index in [1.807, 2.05) is 24.3 Å². The number of carbonyl (C=O) groups is 2. The highest BCUT2D eigenvalue weighted by molar-refractivity contribution is 6.34. The summed E-state index contributed by atoms with van der Waals surface area (Å²) in [7, 11) is 0. The molecule has 1 aromatic heterocycles. The predicted octanol–water partition coefficient (Wildman–Crippen LogP) is 4.01. The molecule has 1 fully saturated rings. The van der Waals surface area contributed by atoms with Gasteiger partial charge in [-0.15, -0.1) is 0 Å². The summed E-state index contributed by atoms with van der Waals surface area (Å²) in [6.07, 6.45) is 4.21. The van der Waals surface area contributed by atoms with Crippen LogP contribution in [0.25, 0.3) is 0 Å². The van der Waals surface area contributed by atoms with Gasteiger partial charge in [0.05, 0.1) is 22.8 Å². The molecule has 2 aromatic carbocycles. The zero-order chi connectivity index (χ0) is 27.9. The molecule has 2 aliphatic heterocycles. The van der Waals surface area contributed by atoms with E-state index >= 15 is 0 Å². The fourth-order valence-electron chi connectivity index (χ4n) is 4.29. The molecule has 0 unspecified atom stereocenters. The van der Waals surface area contributed by atoms with Gasteiger partial charge in [0.2, 0.25) is 0 Å². The van der Waals surface area contributed by atoms with Crippen LogP contribution in [0.1, 0.15) is 39.4 Å². The van der Waals surface area contributed by atoms with Gasteiger partial charge in [0, 0.05) is 30.2 Å². The van der Waals surface area contributed by atoms with Crippen molar-refractivity contribution in [3.8, 4) is 5.75 Å². The molecule has 0 saturated carbocycles. The number of guanidine groups is 1. The first kappa shape index (κ1) is 27.2. The van der Waals surface area contributed by atoms with Crippen LogP contribution in [0.3, 0.4) is 0 Å². The van der Waals surface area contributed by atoms with E-state index in [-0.39, 0.29) is 22.8 Å². The average molecular weight is 564 g/mol. The van der Waals surface area contributed by atoms with E-state index in [9.17, 15) is 9.59 Å². The van der Waals surface area contributed by atoms with E-state index in [0.29, 0.717) is 29.7 Å². The summed E-state index contributed by atoms with van der Waals surface area (Å²) in [4.78, 5) is 32.1. The SMILES string of the molecule is Cc1cc(C(=O)Nc2ccc(Cl)c(C(=O)NC3=CNC(Nc4ccc(OCCN5CCCC5)cc4)=NC3)c2)no1. The van der Waals surface area contributed by atoms with Gasteiger partial charge in [0.1, 0.15) is 18.1 Å². The third kappa shape index (κ3) is 7.19. The highest BCUT2D eigenvalue weighted by Gasteiger charge is 2.17. The summed E-state index contributed by atoms with van der Waals surface area (Å²) >= 11 is 6.26. The zero-order valence-electron chi connectivity index (χ0n) is 22.0. The lowest BCUT2D eigenvalue weighted by Gasteiger charge is -2.18. The maximum Gasteiger partial charge on any atom is 0.277 e. The second kappa shape index (κ2) is 12.7. The van der Waals surface area contributed by atoms with Gasteiger partial charge in [-0.05, 0) is 75.3 Å². The number of nitrogens with zero attached hydrogens (tertiary/aromatic N) is 3. The largest absolute Gasteiger partial charge is 0.492 e. The number of carbonyl (C=O) groups excluding carboxylic acids is 2. The number of rotatable bonds is 9. The third-order valence-corrected chi connectivity index (χ3v) is 6.72. The first-order valence-corrected chi connectivity index (χ1v) is 13.4. The molecule has 4 N–H and O–H groups in total. The van der Waals surface area contributed by atoms with Crippen molar-refractivity contribution in [3.05, 3.63) is 82.5 Å². The average Bonchev–Trinajstić information content (AvgIpc) is 3.64. The smallest absolute Gasteiger partial charge is 0.277 e. The number of halogens is 1. The monoisotopic (exact) mass is 563 g/mol. The molecule has 12 heteroatoms. The van der Waals surface area contributed by atoms with E-state index in [0.717, 1.165) is 31.1 Å². The minimum Gasteiger partial charge on any atom is -0.492 e. The van der Waals surface area contributed by atoms with Gasteiger partial charge in [-0.2, -0.15) is 0 Å². The quantitative estimate of drug-likeness (QED) is 0.307. The maximum absolute atomic E-state index is 12.9. The van der Waals surface area contributed by atoms with Crippen molar-refractivity contribution in [1.82, 2.24) is 20.7 Å². The van der Waals surface area contributed by atoms with Crippen LogP contribution in [0.15, 0.2) is 69.9 Å². The van der Waals surface area contributed by atoms with E-state index in [1.165, 1.54) is 31.0 Å². The maximum atomic E-state index is 12.9. The van der Waals surface area contributed by atoms with Gasteiger partial charge in [0.25, 0.3) is 11.8 Å². The van der Waals surface area contributed by atoms with E-state index < -0.39 is 11.8 Å². The summed E-state index contributed by atoms with van der Waals surface area (Å²) in [5, 5.41) is 15.7. The molecule has 0 aliphatic carbocycles. The first-order valence-electron chi connectivity index (χ1n) is 13.0. The Bertz CT molecular complexity index is 1430. The second-order valence-corrected chi connectivity index (χ2v) is 9.86. The number of amides is 2. The topological polar surface area (TPSA) is 133 Å². The summed E-state index contributed by atoms with van der Waals surface area (Å²) in [6, 6.07) is 13.8. The van der Waals surface area contributed by atoms with Gasteiger partial charge >= 0.3 is 0 Å². The Hall–Kier alpha value is -4.35. The van der Waals surface area contributed by atoms with Crippen molar-refractivity contribution < 1.29 is 18.8 Å². The van der Waals surface area contributed by atoms with Gasteiger partial charge < -0.3 is 30.5 Å². The van der Waals surface area contributed by atoms with Crippen molar-refractivity contribution in [2.24, 2.45) is 4.99 Å². The lowest BCUT2D eigenvalue weighted by atomic mass is 10.1. The number of ether oxygens (including phenoxy) is 1. The van der Waals surface area contributed by atoms with Crippen LogP contribution < -0.4 is 26.0 Å². The summed E-state index contributed by atoms with van der Waals surface area (Å²) in [5.74, 6) is 0.996. The van der Waals surface area contributed by atoms with E-state index in [2.05, 4.69) is 36.3 Å². The van der Waals surface area contributed by atoms with Gasteiger partial charge in [0.15, 0.2) is 11.7 Å². The molecule has 0 radical (unpaired) electrons. The van der Waals surface area contributed by atoms with Crippen molar-refractivity contribution >= 4 is 40.7 Å². The molecule has 3 heterocycles. The van der Waals surface area contributed by atoms with Crippen molar-refractivity contribution in [2.45, 2.75) is 19.8 Å². The molecule has 5 rings (SSSR count). The molecular formula is C28H30ClN7O4. The van der Waals surface area contributed by atoms with Crippen LogP contribution in [0, 0.1) is 6.92 Å². The molecule has 40 heavy (non-hydrogen) atoms. The van der Waals surface area contributed by atoms with Crippen molar-refractivity contribution in [3.63, 3.8) is 0 Å². The third-order valence-electron chi connectivity index (χ3n) is 6.39. The first-order chi connectivity index (χ1) is 19.4. The predicted molar refractivity (Wildman–Crippen MR) is 153 cm³/mol. The van der Waals surface area contributed by atoms with Gasteiger partial charge in [-0.25, -0.2) is 4.99 Å². The fourth-order valence-corrected chi connectivity index (χ4v) is 4.49. The van der Waals surface area contributed by atoms with Crippen LogP contribution in [0.4, 0.5) is 11.4 Å². The number of hydrogen-bond donors (Lipinski definition) is 4. The molecule has 11 nitrogen and oxygen atoms in total. The number of anilines is 2. The summed E-state index contributed by atoms with van der Waals surface area (Å²) in [5.41, 5.74) is 2.14. The fraction of sp³-hybridized carbons (Fsp3) is 0.286. The van der Waals surface area contributed by atoms with E-state index in [1.54, 1.807) is 19.2 Å². The normalized spacial score (nSPS) is 15.1. The number of nitrogens with one attached hydrogen (secondary N) is 4. The Labute approximate surface area is 236 Å². The molecule has 2 aliphatic rings. The van der Waals surface area contributed by atoms with Crippen LogP contribution in [-0.4, -0.2) is 60.6 Å². The van der Waals surface area contributed by atoms with Crippen molar-refractivity contribution in [2.75, 3.05) is 43.4 Å². The molecule has 208 valence electrons. The molecule has 0 spiro atoms. The molecule has 3 aromatic rings. The highest BCUT2D eigenvalue weighted by atomic mass is 35.5. The van der Waals surface area contributed by atoms with Gasteiger partial charge in [-0.1, -0.05) is 16.8 Å². The lowest BCUT2D eigenvalue weighted by Crippen LogP contribution is -2.35. The molecule has 1 saturated heterocycles. The van der Waals surface area contributed by atoms with Crippen LogP contribution in [-0.2, 0) is 0 Å².